The van der Waals surface area contributed by atoms with Gasteiger partial charge >= 0.3 is 0 Å². The average Bonchev–Trinajstić information content (AvgIpc) is 3.38. The van der Waals surface area contributed by atoms with Crippen molar-refractivity contribution in [1.29, 1.82) is 0 Å². The molecule has 30 heavy (non-hydrogen) atoms. The largest absolute Gasteiger partial charge is 0.473 e. The minimum absolute atomic E-state index is 0.0422. The van der Waals surface area contributed by atoms with Crippen molar-refractivity contribution in [2.75, 3.05) is 25.0 Å². The standard InChI is InChI=1S/C20H28N8O2/c1-13(2)30-19-18(15-9-22-23-10-15)21-11-17-25-20(26-28(17)19)24-16-5-7-27(6-4-8-29)12-14(16)3/h8-11,13-14,16H,4-7,12H2,1-3H3,(H,22,23)(H,24,26)/t14-,16+/m1/s1. The summed E-state index contributed by atoms with van der Waals surface area (Å²) in [4.78, 5) is 22.1. The Bertz CT molecular complexity index is 984. The van der Waals surface area contributed by atoms with Gasteiger partial charge in [-0.25, -0.2) is 4.98 Å². The maximum absolute atomic E-state index is 10.6. The highest BCUT2D eigenvalue weighted by atomic mass is 16.5. The number of carbonyl (C=O) groups excluding carboxylic acids is 1. The number of nitrogens with one attached hydrogen (secondary N) is 2. The summed E-state index contributed by atoms with van der Waals surface area (Å²) in [6.07, 6.45) is 7.68. The number of piperidine rings is 1. The summed E-state index contributed by atoms with van der Waals surface area (Å²) >= 11 is 0. The van der Waals surface area contributed by atoms with E-state index < -0.39 is 0 Å². The number of carbonyl (C=O) groups is 1. The first kappa shape index (κ1) is 20.3. The first-order valence-corrected chi connectivity index (χ1v) is 10.4. The maximum Gasteiger partial charge on any atom is 0.244 e. The molecular formula is C20H28N8O2. The average molecular weight is 412 g/mol. The van der Waals surface area contributed by atoms with Gasteiger partial charge in [-0.1, -0.05) is 6.92 Å². The van der Waals surface area contributed by atoms with Gasteiger partial charge in [-0.05, 0) is 26.2 Å². The molecule has 0 spiro atoms. The smallest absolute Gasteiger partial charge is 0.244 e. The van der Waals surface area contributed by atoms with E-state index in [0.717, 1.165) is 37.9 Å². The molecule has 0 saturated carbocycles. The monoisotopic (exact) mass is 412 g/mol. The third kappa shape index (κ3) is 4.28. The Morgan fingerprint density at radius 2 is 2.27 bits per heavy atom. The number of fused-ring (bicyclic) bond motifs is 1. The highest BCUT2D eigenvalue weighted by Crippen LogP contribution is 2.29. The number of ether oxygens (including phenoxy) is 1. The fourth-order valence-corrected chi connectivity index (χ4v) is 3.85. The van der Waals surface area contributed by atoms with Crippen LogP contribution < -0.4 is 10.1 Å². The number of rotatable bonds is 8. The van der Waals surface area contributed by atoms with Crippen molar-refractivity contribution in [2.45, 2.75) is 45.8 Å². The Kier molecular flexibility index (Phi) is 5.93. The van der Waals surface area contributed by atoms with Crippen LogP contribution in [0.5, 0.6) is 5.88 Å². The lowest BCUT2D eigenvalue weighted by molar-refractivity contribution is -0.108. The van der Waals surface area contributed by atoms with Crippen molar-refractivity contribution in [2.24, 2.45) is 5.92 Å². The van der Waals surface area contributed by atoms with E-state index in [1.165, 1.54) is 0 Å². The Morgan fingerprint density at radius 3 is 2.97 bits per heavy atom. The molecule has 160 valence electrons. The van der Waals surface area contributed by atoms with Crippen LogP contribution in [0, 0.1) is 5.92 Å². The van der Waals surface area contributed by atoms with Crippen LogP contribution in [0.4, 0.5) is 5.95 Å². The highest BCUT2D eigenvalue weighted by molar-refractivity contribution is 5.65. The molecule has 0 aromatic carbocycles. The van der Waals surface area contributed by atoms with Crippen LogP contribution >= 0.6 is 0 Å². The van der Waals surface area contributed by atoms with Crippen molar-refractivity contribution >= 4 is 17.9 Å². The van der Waals surface area contributed by atoms with Crippen LogP contribution in [0.15, 0.2) is 18.6 Å². The number of hydrogen-bond donors (Lipinski definition) is 2. The fraction of sp³-hybridized carbons (Fsp3) is 0.550. The second-order valence-electron chi connectivity index (χ2n) is 8.04. The molecule has 0 bridgehead atoms. The third-order valence-electron chi connectivity index (χ3n) is 5.32. The molecule has 3 aromatic rings. The Labute approximate surface area is 175 Å². The quantitative estimate of drug-likeness (QED) is 0.540. The molecule has 2 atom stereocenters. The van der Waals surface area contributed by atoms with E-state index in [1.807, 2.05) is 13.8 Å². The number of likely N-dealkylation sites (tertiary alicyclic amines) is 1. The van der Waals surface area contributed by atoms with Crippen molar-refractivity contribution in [1.82, 2.24) is 34.7 Å². The molecule has 1 aliphatic rings. The molecule has 0 aliphatic carbocycles. The second kappa shape index (κ2) is 8.78. The molecule has 1 fully saturated rings. The van der Waals surface area contributed by atoms with Gasteiger partial charge < -0.3 is 19.7 Å². The van der Waals surface area contributed by atoms with E-state index in [-0.39, 0.29) is 12.1 Å². The molecule has 3 aromatic heterocycles. The van der Waals surface area contributed by atoms with Gasteiger partial charge in [-0.2, -0.15) is 14.6 Å². The number of aldehydes is 1. The molecule has 0 radical (unpaired) electrons. The summed E-state index contributed by atoms with van der Waals surface area (Å²) in [5.41, 5.74) is 2.11. The predicted octanol–water partition coefficient (Wildman–Crippen LogP) is 2.01. The molecule has 10 heteroatoms. The Balaban J connectivity index is 1.57. The van der Waals surface area contributed by atoms with Crippen LogP contribution in [0.1, 0.15) is 33.6 Å². The number of H-pyrrole nitrogens is 1. The maximum atomic E-state index is 10.6. The van der Waals surface area contributed by atoms with E-state index in [4.69, 9.17) is 4.74 Å². The van der Waals surface area contributed by atoms with Crippen molar-refractivity contribution in [3.63, 3.8) is 0 Å². The summed E-state index contributed by atoms with van der Waals surface area (Å²) in [5, 5.41) is 15.0. The zero-order chi connectivity index (χ0) is 21.1. The normalized spacial score (nSPS) is 20.0. The van der Waals surface area contributed by atoms with Crippen LogP contribution in [-0.4, -0.2) is 72.7 Å². The number of hydrogen-bond acceptors (Lipinski definition) is 8. The van der Waals surface area contributed by atoms with Crippen molar-refractivity contribution < 1.29 is 9.53 Å². The molecule has 4 heterocycles. The molecular weight excluding hydrogens is 384 g/mol. The first-order valence-electron chi connectivity index (χ1n) is 10.4. The Hall–Kier alpha value is -3.01. The van der Waals surface area contributed by atoms with Gasteiger partial charge in [-0.3, -0.25) is 5.10 Å². The number of nitrogens with zero attached hydrogens (tertiary/aromatic N) is 6. The summed E-state index contributed by atoms with van der Waals surface area (Å²) < 4.78 is 7.75. The topological polar surface area (TPSA) is 113 Å². The first-order chi connectivity index (χ1) is 14.5. The van der Waals surface area contributed by atoms with E-state index in [2.05, 4.69) is 42.4 Å². The third-order valence-corrected chi connectivity index (χ3v) is 5.32. The predicted molar refractivity (Wildman–Crippen MR) is 112 cm³/mol. The number of aromatic amines is 1. The lowest BCUT2D eigenvalue weighted by Crippen LogP contribution is -2.45. The summed E-state index contributed by atoms with van der Waals surface area (Å²) in [6.45, 7) is 8.88. The Morgan fingerprint density at radius 1 is 1.40 bits per heavy atom. The van der Waals surface area contributed by atoms with E-state index in [9.17, 15) is 4.79 Å². The lowest BCUT2D eigenvalue weighted by Gasteiger charge is -2.36. The van der Waals surface area contributed by atoms with Crippen molar-refractivity contribution in [3.05, 3.63) is 18.6 Å². The summed E-state index contributed by atoms with van der Waals surface area (Å²) in [5.74, 6) is 1.53. The van der Waals surface area contributed by atoms with Crippen LogP contribution in [-0.2, 0) is 4.79 Å². The lowest BCUT2D eigenvalue weighted by atomic mass is 9.94. The minimum atomic E-state index is -0.0422. The molecule has 0 unspecified atom stereocenters. The zero-order valence-electron chi connectivity index (χ0n) is 17.6. The molecule has 2 N–H and O–H groups in total. The summed E-state index contributed by atoms with van der Waals surface area (Å²) in [6, 6.07) is 0.269. The molecule has 1 saturated heterocycles. The zero-order valence-corrected chi connectivity index (χ0v) is 17.6. The van der Waals surface area contributed by atoms with E-state index >= 15 is 0 Å². The van der Waals surface area contributed by atoms with Gasteiger partial charge in [0.25, 0.3) is 0 Å². The van der Waals surface area contributed by atoms with Gasteiger partial charge in [0.2, 0.25) is 11.8 Å². The second-order valence-corrected chi connectivity index (χ2v) is 8.04. The highest BCUT2D eigenvalue weighted by Gasteiger charge is 2.27. The SMILES string of the molecule is CC(C)Oc1c(-c2cn[nH]c2)ncc2nc(N[C@H]3CCN(CCC=O)C[C@H]3C)nn12. The van der Waals surface area contributed by atoms with Gasteiger partial charge in [0.15, 0.2) is 5.65 Å². The number of aromatic nitrogens is 6. The van der Waals surface area contributed by atoms with Gasteiger partial charge in [-0.15, -0.1) is 5.10 Å². The van der Waals surface area contributed by atoms with E-state index in [1.54, 1.807) is 23.1 Å². The minimum Gasteiger partial charge on any atom is -0.473 e. The molecule has 10 nitrogen and oxygen atoms in total. The van der Waals surface area contributed by atoms with Crippen LogP contribution in [0.25, 0.3) is 16.9 Å². The van der Waals surface area contributed by atoms with Crippen molar-refractivity contribution in [3.8, 4) is 17.1 Å². The van der Waals surface area contributed by atoms with Crippen LogP contribution in [0.2, 0.25) is 0 Å². The summed E-state index contributed by atoms with van der Waals surface area (Å²) in [7, 11) is 0. The molecule has 1 aliphatic heterocycles. The van der Waals surface area contributed by atoms with E-state index in [0.29, 0.717) is 35.5 Å². The van der Waals surface area contributed by atoms with Gasteiger partial charge in [0.1, 0.15) is 12.0 Å². The van der Waals surface area contributed by atoms with Gasteiger partial charge in [0, 0.05) is 43.9 Å². The molecule has 0 amide bonds. The number of anilines is 1. The van der Waals surface area contributed by atoms with Gasteiger partial charge in [0.05, 0.1) is 18.5 Å². The molecule has 4 rings (SSSR count). The fourth-order valence-electron chi connectivity index (χ4n) is 3.85. The van der Waals surface area contributed by atoms with Crippen LogP contribution in [0.3, 0.4) is 0 Å².